The Morgan fingerprint density at radius 1 is 0.460 bits per heavy atom. The molecule has 0 aliphatic carbocycles. The van der Waals surface area contributed by atoms with Gasteiger partial charge in [0, 0.05) is 125 Å². The highest BCUT2D eigenvalue weighted by Crippen LogP contribution is 2.36. The third kappa shape index (κ3) is 40.4. The molecular formula is C101H120Br4N6O28. The van der Waals surface area contributed by atoms with Crippen LogP contribution in [0.5, 0.6) is 57.5 Å². The number of carboxylic acid groups (broad SMARTS) is 1. The lowest BCUT2D eigenvalue weighted by Gasteiger charge is -2.24. The molecular weight excluding hydrogens is 2060 g/mol. The smallest absolute Gasteiger partial charge is 0.414 e. The number of carbonyl (C=O) groups is 12. The zero-order valence-electron chi connectivity index (χ0n) is 79.4. The molecule has 3 fully saturated rings. The number of amides is 6. The van der Waals surface area contributed by atoms with E-state index in [0.29, 0.717) is 211 Å². The second-order valence-electron chi connectivity index (χ2n) is 31.3. The van der Waals surface area contributed by atoms with Crippen molar-refractivity contribution in [3.63, 3.8) is 0 Å². The molecule has 0 spiro atoms. The number of rotatable bonds is 31. The monoisotopic (exact) mass is 2180 g/mol. The number of nitrogens with one attached hydrogen (secondary N) is 2. The molecule has 34 nitrogen and oxygen atoms in total. The first-order valence-electron chi connectivity index (χ1n) is 45.1. The summed E-state index contributed by atoms with van der Waals surface area (Å²) in [5, 5.41) is 22.3. The standard InChI is InChI=1S/C25H28N2O7.C16H18N2O5.C15H20N2O5.C12H15BrO3.C10H11BrO3.C10H9BrO2.C7H14O2.C6H5BrO/c1-16(28)26(13-17-6-8-19(31-2)12-24(17)32-3)14-20-15-27(25(30)34-20)18-7-9-23-21(11-18)22(29)5-4-10-33-23;1-10(19)17-8-12-9-18(16(21)23-12)11-4-5-15-13(7-11)14(20)3-2-6-22-15;1-10(18)17(9-13-7-16-15(19)22-13)8-11-4-5-12(20-2)6-14(11)21-3;1-2-15-12(14)4-3-9-16-11-7-5-10(13)6-8-11;11-8-3-5-9(6-4-8)14-7-1-2-10(12)13;11-7-3-4-10-8(6-7)9(12)2-1-5-13-10;1-3-5-6-7(8)9-4-2;7-5-1-3-6(8)4-2-5/h6-9,11-12,20H,4-5,10,13-15H2,1-3H3;4-5,7,12H,2-3,6,8-9H2,1H3,(H,17,19);4-6,13H,7-9H2,1-3H3,(H,16,19);5-8H,2-4,9H2,1H3;3-6H,1-2,7H2,(H,12,13);3-4,6H,1-2,5H2;3-6H2,1-2H3;1-4,8H/t20-;12-;13-;;;;;/m001...../s1. The third-order valence-electron chi connectivity index (χ3n) is 20.7. The molecule has 6 aliphatic rings. The predicted molar refractivity (Wildman–Crippen MR) is 532 cm³/mol. The highest BCUT2D eigenvalue weighted by molar-refractivity contribution is 9.11. The third-order valence-corrected chi connectivity index (χ3v) is 22.8. The Morgan fingerprint density at radius 3 is 1.25 bits per heavy atom. The molecule has 139 heavy (non-hydrogen) atoms. The number of hydrogen-bond donors (Lipinski definition) is 4. The van der Waals surface area contributed by atoms with Gasteiger partial charge in [-0.3, -0.25) is 53.0 Å². The summed E-state index contributed by atoms with van der Waals surface area (Å²) in [6.07, 6.45) is 5.22. The maximum Gasteiger partial charge on any atom is 0.414 e. The molecule has 8 aromatic rings. The molecule has 3 atom stereocenters. The number of nitrogens with zero attached hydrogens (tertiary/aromatic N) is 4. The number of aliphatic carboxylic acids is 1. The zero-order valence-corrected chi connectivity index (χ0v) is 85.8. The van der Waals surface area contributed by atoms with Crippen LogP contribution in [0.15, 0.2) is 182 Å². The van der Waals surface area contributed by atoms with Crippen molar-refractivity contribution in [1.29, 1.82) is 0 Å². The average molecular weight is 2190 g/mol. The summed E-state index contributed by atoms with van der Waals surface area (Å²) in [5.41, 5.74) is 4.50. The summed E-state index contributed by atoms with van der Waals surface area (Å²) >= 11 is 13.2. The van der Waals surface area contributed by atoms with Gasteiger partial charge < -0.3 is 97.0 Å². The zero-order chi connectivity index (χ0) is 101. The van der Waals surface area contributed by atoms with Gasteiger partial charge in [0.2, 0.25) is 17.7 Å². The average Bonchev–Trinajstić information content (AvgIpc) is 1.67. The highest BCUT2D eigenvalue weighted by atomic mass is 79.9. The number of alkyl carbamates (subject to hydrolysis) is 1. The Kier molecular flexibility index (Phi) is 49.7. The van der Waals surface area contributed by atoms with Crippen molar-refractivity contribution in [3.8, 4) is 57.5 Å². The van der Waals surface area contributed by atoms with Crippen LogP contribution in [0.3, 0.4) is 0 Å². The van der Waals surface area contributed by atoms with Crippen LogP contribution in [0.2, 0.25) is 0 Å². The van der Waals surface area contributed by atoms with Gasteiger partial charge in [-0.25, -0.2) is 14.4 Å². The number of hydrogen-bond acceptors (Lipinski definition) is 27. The molecule has 38 heteroatoms. The second-order valence-corrected chi connectivity index (χ2v) is 34.9. The first-order valence-corrected chi connectivity index (χ1v) is 48.3. The van der Waals surface area contributed by atoms with E-state index in [1.54, 1.807) is 124 Å². The number of aromatic hydroxyl groups is 1. The fraction of sp³-hybridized carbons (Fsp3) is 0.406. The van der Waals surface area contributed by atoms with Crippen LogP contribution in [-0.4, -0.2) is 224 Å². The molecule has 0 bridgehead atoms. The van der Waals surface area contributed by atoms with Gasteiger partial charge in [-0.2, -0.15) is 0 Å². The Bertz CT molecular complexity index is 5340. The van der Waals surface area contributed by atoms with Crippen molar-refractivity contribution in [2.75, 3.05) is 124 Å². The Labute approximate surface area is 842 Å². The summed E-state index contributed by atoms with van der Waals surface area (Å²) < 4.78 is 77.9. The second kappa shape index (κ2) is 60.9. The SMILES string of the molecule is CC(=O)NC[C@H]1CN(c2ccc3c(c2)C(=O)CCCO3)C(=O)O1.CCCCC(=O)OCC.CCOC(=O)CCCOc1ccc(Br)cc1.COc1ccc(CN(C[C@H]2CN(c3ccc4c(c3)C(=O)CCCO4)C(=O)O2)C(C)=O)c(OC)c1.COc1ccc(CN(C[C@H]2CNC(=O)O2)C(C)=O)c(OC)c1.O=C(O)CCCOc1ccc(Br)cc1.O=C1CCCOc2ccc(Br)cc21.Oc1ccc(Br)cc1. The Balaban J connectivity index is 0.000000225. The highest BCUT2D eigenvalue weighted by Gasteiger charge is 2.37. The number of cyclic esters (lactones) is 3. The number of phenols is 1. The number of carboxylic acids is 1. The number of carbonyl (C=O) groups excluding carboxylic acids is 11. The van der Waals surface area contributed by atoms with Gasteiger partial charge in [-0.05, 0) is 204 Å². The van der Waals surface area contributed by atoms with Crippen LogP contribution >= 0.6 is 63.7 Å². The molecule has 8 aromatic carbocycles. The lowest BCUT2D eigenvalue weighted by atomic mass is 10.1. The van der Waals surface area contributed by atoms with Gasteiger partial charge in [0.25, 0.3) is 0 Å². The van der Waals surface area contributed by atoms with Crippen molar-refractivity contribution < 1.29 is 134 Å². The van der Waals surface area contributed by atoms with Crippen molar-refractivity contribution >= 4 is 146 Å². The number of benzene rings is 8. The molecule has 4 N–H and O–H groups in total. The summed E-state index contributed by atoms with van der Waals surface area (Å²) in [5.74, 6) is 5.00. The number of fused-ring (bicyclic) bond motifs is 3. The van der Waals surface area contributed by atoms with E-state index in [9.17, 15) is 57.5 Å². The number of ether oxygens (including phenoxy) is 14. The van der Waals surface area contributed by atoms with Crippen LogP contribution < -0.4 is 63.1 Å². The molecule has 6 heterocycles. The van der Waals surface area contributed by atoms with Crippen LogP contribution in [0.1, 0.15) is 167 Å². The minimum absolute atomic E-state index is 0.00495. The first-order chi connectivity index (χ1) is 66.7. The normalized spacial score (nSPS) is 15.0. The van der Waals surface area contributed by atoms with Crippen molar-refractivity contribution in [2.45, 2.75) is 156 Å². The van der Waals surface area contributed by atoms with Gasteiger partial charge >= 0.3 is 36.2 Å². The predicted octanol–water partition coefficient (Wildman–Crippen LogP) is 18.7. The van der Waals surface area contributed by atoms with Crippen LogP contribution in [0, 0.1) is 0 Å². The van der Waals surface area contributed by atoms with E-state index in [0.717, 1.165) is 59.8 Å². The molecule has 6 aliphatic heterocycles. The summed E-state index contributed by atoms with van der Waals surface area (Å²) in [7, 11) is 6.28. The first kappa shape index (κ1) is 113. The molecule has 0 unspecified atom stereocenters. The van der Waals surface area contributed by atoms with E-state index in [1.807, 2.05) is 91.9 Å². The van der Waals surface area contributed by atoms with E-state index in [-0.39, 0.29) is 79.2 Å². The molecule has 14 rings (SSSR count). The maximum absolute atomic E-state index is 12.6. The van der Waals surface area contributed by atoms with Gasteiger partial charge in [0.15, 0.2) is 17.3 Å². The van der Waals surface area contributed by atoms with Gasteiger partial charge in [0.1, 0.15) is 75.8 Å². The van der Waals surface area contributed by atoms with Gasteiger partial charge in [-0.1, -0.05) is 77.1 Å². The summed E-state index contributed by atoms with van der Waals surface area (Å²) in [6, 6.07) is 48.5. The number of esters is 2. The number of unbranched alkanes of at least 4 members (excludes halogenated alkanes) is 1. The lowest BCUT2D eigenvalue weighted by molar-refractivity contribution is -0.144. The molecule has 0 aromatic heterocycles. The van der Waals surface area contributed by atoms with Gasteiger partial charge in [0.05, 0.1) is 131 Å². The minimum atomic E-state index is -0.788. The quantitative estimate of drug-likeness (QED) is 0.0178. The van der Waals surface area contributed by atoms with Crippen LogP contribution in [0.4, 0.5) is 25.8 Å². The lowest BCUT2D eigenvalue weighted by Crippen LogP contribution is -2.37. The minimum Gasteiger partial charge on any atom is -0.508 e. The van der Waals surface area contributed by atoms with E-state index in [2.05, 4.69) is 81.3 Å². The van der Waals surface area contributed by atoms with Crippen LogP contribution in [-0.2, 0) is 65.5 Å². The number of methoxy groups -OCH3 is 4. The summed E-state index contributed by atoms with van der Waals surface area (Å²) in [6.45, 7) is 16.1. The van der Waals surface area contributed by atoms with E-state index < -0.39 is 36.5 Å². The van der Waals surface area contributed by atoms with Gasteiger partial charge in [-0.15, -0.1) is 0 Å². The number of halogens is 4. The van der Waals surface area contributed by atoms with Crippen molar-refractivity contribution in [2.24, 2.45) is 0 Å². The molecule has 750 valence electrons. The van der Waals surface area contributed by atoms with E-state index >= 15 is 0 Å². The number of anilines is 2. The number of Topliss-reactive ketones (excluding diaryl/α,β-unsaturated/α-hetero) is 3. The Morgan fingerprint density at radius 2 is 0.856 bits per heavy atom. The Hall–Kier alpha value is -12.7. The number of phenolic OH excluding ortho intramolecular Hbond substituents is 1. The molecule has 6 amide bonds. The fourth-order valence-electron chi connectivity index (χ4n) is 13.6. The maximum atomic E-state index is 12.6. The fourth-order valence-corrected chi connectivity index (χ4v) is 14.8. The number of ketones is 3. The molecule has 0 radical (unpaired) electrons. The topological polar surface area (TPSA) is 412 Å². The van der Waals surface area contributed by atoms with E-state index in [1.165, 1.54) is 30.6 Å². The summed E-state index contributed by atoms with van der Waals surface area (Å²) in [4.78, 5) is 145. The van der Waals surface area contributed by atoms with Crippen molar-refractivity contribution in [1.82, 2.24) is 20.4 Å². The largest absolute Gasteiger partial charge is 0.508 e. The molecule has 0 saturated carbocycles. The van der Waals surface area contributed by atoms with Crippen LogP contribution in [0.25, 0.3) is 0 Å². The molecule has 3 saturated heterocycles. The van der Waals surface area contributed by atoms with Crippen molar-refractivity contribution in [3.05, 3.63) is 210 Å². The van der Waals surface area contributed by atoms with E-state index in [4.69, 9.17) is 76.5 Å².